The molecule has 2 aromatic heterocycles. The van der Waals surface area contributed by atoms with Crippen molar-refractivity contribution in [1.82, 2.24) is 19.7 Å². The van der Waals surface area contributed by atoms with Crippen LogP contribution in [0.2, 0.25) is 0 Å². The molecule has 0 saturated heterocycles. The maximum Gasteiger partial charge on any atom is 0.355 e. The van der Waals surface area contributed by atoms with Gasteiger partial charge in [0.15, 0.2) is 5.69 Å². The number of carboxylic acid groups (broad SMARTS) is 1. The molecule has 6 rings (SSSR count). The minimum absolute atomic E-state index is 0.102. The second kappa shape index (κ2) is 11.4. The van der Waals surface area contributed by atoms with Crippen LogP contribution >= 0.6 is 11.3 Å². The van der Waals surface area contributed by atoms with Crippen LogP contribution in [0.3, 0.4) is 0 Å². The summed E-state index contributed by atoms with van der Waals surface area (Å²) in [6.07, 6.45) is 5.59. The van der Waals surface area contributed by atoms with Gasteiger partial charge in [-0.1, -0.05) is 12.1 Å². The van der Waals surface area contributed by atoms with Gasteiger partial charge in [0.1, 0.15) is 16.5 Å². The highest BCUT2D eigenvalue weighted by atomic mass is 32.2. The van der Waals surface area contributed by atoms with Crippen LogP contribution in [0.25, 0.3) is 22.0 Å². The molecule has 1 aliphatic carbocycles. The molecule has 2 aromatic carbocycles. The fraction of sp³-hybridized carbons (Fsp3) is 0.300. The van der Waals surface area contributed by atoms with Crippen molar-refractivity contribution in [2.24, 2.45) is 11.1 Å². The molecule has 3 heterocycles. The lowest BCUT2D eigenvalue weighted by molar-refractivity contribution is 0.0691. The van der Waals surface area contributed by atoms with Crippen LogP contribution in [0.15, 0.2) is 52.7 Å². The van der Waals surface area contributed by atoms with Gasteiger partial charge in [-0.15, -0.1) is 11.3 Å². The Morgan fingerprint density at radius 1 is 1.16 bits per heavy atom. The van der Waals surface area contributed by atoms with Crippen LogP contribution in [0.1, 0.15) is 52.1 Å². The molecule has 0 radical (unpaired) electrons. The summed E-state index contributed by atoms with van der Waals surface area (Å²) in [7, 11) is -2.23. The summed E-state index contributed by atoms with van der Waals surface area (Å²) in [5.41, 5.74) is 4.51. The summed E-state index contributed by atoms with van der Waals surface area (Å²) in [4.78, 5) is 17.5. The highest BCUT2D eigenvalue weighted by Gasteiger charge is 2.30. The van der Waals surface area contributed by atoms with Gasteiger partial charge in [-0.3, -0.25) is 0 Å². The predicted molar refractivity (Wildman–Crippen MR) is 159 cm³/mol. The maximum absolute atomic E-state index is 15.2. The van der Waals surface area contributed by atoms with Crippen molar-refractivity contribution in [2.45, 2.75) is 37.0 Å². The average Bonchev–Trinajstić information content (AvgIpc) is 3.51. The third kappa shape index (κ3) is 6.16. The van der Waals surface area contributed by atoms with Crippen molar-refractivity contribution < 1.29 is 27.1 Å². The SMILES string of the molecule is CN1CC=C(c2cc(-c3nn(-c4nc(C(=O)O)cs4)c(CC4CC4)c3Cc3ccc(S(N)(=O)=O)c(F)c3)ccc2F)CC1. The Labute approximate surface area is 251 Å². The third-order valence-corrected chi connectivity index (χ3v) is 9.60. The normalized spacial score (nSPS) is 16.0. The molecule has 0 spiro atoms. The van der Waals surface area contributed by atoms with Crippen LogP contribution in [0, 0.1) is 17.6 Å². The van der Waals surface area contributed by atoms with E-state index in [4.69, 9.17) is 10.2 Å². The van der Waals surface area contributed by atoms with Crippen molar-refractivity contribution >= 4 is 32.9 Å². The van der Waals surface area contributed by atoms with Crippen LogP contribution in [0.5, 0.6) is 0 Å². The summed E-state index contributed by atoms with van der Waals surface area (Å²) in [5.74, 6) is -2.05. The third-order valence-electron chi connectivity index (χ3n) is 7.84. The Hall–Kier alpha value is -3.78. The molecule has 9 nitrogen and oxygen atoms in total. The standard InChI is InChI=1S/C30H29F2N5O4S2/c1-36-10-8-19(9-11-36)21-15-20(5-6-23(21)31)28-22(12-18-4-7-27(24(32)13-18)43(33,40)41)26(14-17-2-3-17)37(35-28)30-34-25(16-42-30)29(38)39/h4-8,13,15-17H,2-3,9-12,14H2,1H3,(H,38,39)(H2,33,40,41). The number of nitrogens with two attached hydrogens (primary N) is 1. The van der Waals surface area contributed by atoms with E-state index >= 15 is 4.39 Å². The summed E-state index contributed by atoms with van der Waals surface area (Å²) in [6.45, 7) is 1.51. The zero-order valence-electron chi connectivity index (χ0n) is 23.3. The van der Waals surface area contributed by atoms with E-state index in [0.29, 0.717) is 52.8 Å². The number of primary sulfonamides is 1. The predicted octanol–water partition coefficient (Wildman–Crippen LogP) is 4.88. The van der Waals surface area contributed by atoms with Crippen molar-refractivity contribution in [1.29, 1.82) is 0 Å². The van der Waals surface area contributed by atoms with Gasteiger partial charge in [-0.25, -0.2) is 36.8 Å². The second-order valence-electron chi connectivity index (χ2n) is 11.1. The number of nitrogens with zero attached hydrogens (tertiary/aromatic N) is 4. The average molecular weight is 626 g/mol. The van der Waals surface area contributed by atoms with E-state index < -0.39 is 26.7 Å². The molecule has 2 aliphatic rings. The van der Waals surface area contributed by atoms with Gasteiger partial charge in [0.2, 0.25) is 15.2 Å². The summed E-state index contributed by atoms with van der Waals surface area (Å²) in [5, 5.41) is 21.4. The van der Waals surface area contributed by atoms with E-state index in [0.717, 1.165) is 59.7 Å². The number of thiazole rings is 1. The molecule has 0 bridgehead atoms. The van der Waals surface area contributed by atoms with Crippen LogP contribution < -0.4 is 5.14 Å². The van der Waals surface area contributed by atoms with E-state index in [9.17, 15) is 22.7 Å². The van der Waals surface area contributed by atoms with Crippen LogP contribution in [0.4, 0.5) is 8.78 Å². The minimum atomic E-state index is -4.24. The molecule has 3 N–H and O–H groups in total. The lowest BCUT2D eigenvalue weighted by Crippen LogP contribution is -2.23. The first-order valence-corrected chi connectivity index (χ1v) is 16.2. The van der Waals surface area contributed by atoms with Gasteiger partial charge in [-0.2, -0.15) is 5.10 Å². The summed E-state index contributed by atoms with van der Waals surface area (Å²) >= 11 is 1.15. The van der Waals surface area contributed by atoms with Gasteiger partial charge in [-0.05, 0) is 80.1 Å². The van der Waals surface area contributed by atoms with Crippen LogP contribution in [-0.4, -0.2) is 59.3 Å². The van der Waals surface area contributed by atoms with E-state index in [1.54, 1.807) is 16.8 Å². The Kier molecular flexibility index (Phi) is 7.75. The molecule has 4 aromatic rings. The lowest BCUT2D eigenvalue weighted by Gasteiger charge is -2.22. The molecule has 1 saturated carbocycles. The van der Waals surface area contributed by atoms with Crippen molar-refractivity contribution in [3.05, 3.63) is 87.6 Å². The van der Waals surface area contributed by atoms with Crippen molar-refractivity contribution in [3.8, 4) is 16.4 Å². The van der Waals surface area contributed by atoms with Crippen molar-refractivity contribution in [3.63, 3.8) is 0 Å². The smallest absolute Gasteiger partial charge is 0.355 e. The number of carbonyl (C=O) groups is 1. The van der Waals surface area contributed by atoms with E-state index in [1.807, 2.05) is 13.1 Å². The maximum atomic E-state index is 15.2. The molecule has 1 aliphatic heterocycles. The topological polar surface area (TPSA) is 131 Å². The highest BCUT2D eigenvalue weighted by Crippen LogP contribution is 2.39. The molecule has 43 heavy (non-hydrogen) atoms. The van der Waals surface area contributed by atoms with Gasteiger partial charge >= 0.3 is 5.97 Å². The van der Waals surface area contributed by atoms with Crippen LogP contribution in [-0.2, 0) is 22.9 Å². The van der Waals surface area contributed by atoms with Gasteiger partial charge in [0.05, 0.1) is 11.4 Å². The Balaban J connectivity index is 1.52. The zero-order valence-corrected chi connectivity index (χ0v) is 24.9. The number of halogens is 2. The number of aromatic nitrogens is 3. The number of aromatic carboxylic acids is 1. The molecular formula is C30H29F2N5O4S2. The van der Waals surface area contributed by atoms with E-state index in [2.05, 4.69) is 9.88 Å². The fourth-order valence-electron chi connectivity index (χ4n) is 5.35. The Bertz CT molecular complexity index is 1880. The first kappa shape index (κ1) is 29.3. The van der Waals surface area contributed by atoms with E-state index in [-0.39, 0.29) is 17.9 Å². The number of hydrogen-bond donors (Lipinski definition) is 2. The quantitative estimate of drug-likeness (QED) is 0.271. The monoisotopic (exact) mass is 625 g/mol. The molecule has 13 heteroatoms. The first-order chi connectivity index (χ1) is 20.5. The highest BCUT2D eigenvalue weighted by molar-refractivity contribution is 7.89. The van der Waals surface area contributed by atoms with Gasteiger partial charge < -0.3 is 10.0 Å². The molecule has 0 unspecified atom stereocenters. The minimum Gasteiger partial charge on any atom is -0.476 e. The zero-order chi connectivity index (χ0) is 30.5. The van der Waals surface area contributed by atoms with Gasteiger partial charge in [0, 0.05) is 41.6 Å². The van der Waals surface area contributed by atoms with Crippen molar-refractivity contribution in [2.75, 3.05) is 20.1 Å². The number of carboxylic acids is 1. The number of likely N-dealkylation sites (N-methyl/N-ethyl adjacent to an activating group) is 1. The van der Waals surface area contributed by atoms with Gasteiger partial charge in [0.25, 0.3) is 0 Å². The largest absolute Gasteiger partial charge is 0.476 e. The Morgan fingerprint density at radius 2 is 1.95 bits per heavy atom. The molecular weight excluding hydrogens is 596 g/mol. The number of hydrogen-bond acceptors (Lipinski definition) is 7. The second-order valence-corrected chi connectivity index (χ2v) is 13.4. The lowest BCUT2D eigenvalue weighted by atomic mass is 9.93. The molecule has 0 amide bonds. The number of sulfonamides is 1. The summed E-state index contributed by atoms with van der Waals surface area (Å²) in [6, 6.07) is 8.65. The fourth-order valence-corrected chi connectivity index (χ4v) is 6.71. The molecule has 224 valence electrons. The number of benzene rings is 2. The molecule has 0 atom stereocenters. The van der Waals surface area contributed by atoms with E-state index in [1.165, 1.54) is 17.5 Å². The summed E-state index contributed by atoms with van der Waals surface area (Å²) < 4.78 is 55.3. The Morgan fingerprint density at radius 3 is 2.58 bits per heavy atom. The molecule has 1 fully saturated rings. The first-order valence-electron chi connectivity index (χ1n) is 13.8. The number of rotatable bonds is 9.